The summed E-state index contributed by atoms with van der Waals surface area (Å²) in [7, 11) is 0. The van der Waals surface area contributed by atoms with Gasteiger partial charge in [-0.1, -0.05) is 0 Å². The molecule has 60 valence electrons. The molecule has 0 aromatic heterocycles. The number of rotatable bonds is 2. The molecule has 0 saturated carbocycles. The molecular weight excluding hydrogens is 150 g/mol. The van der Waals surface area contributed by atoms with E-state index in [1.807, 2.05) is 0 Å². The fourth-order valence-corrected chi connectivity index (χ4v) is 1.36. The van der Waals surface area contributed by atoms with Crippen LogP contribution in [-0.4, -0.2) is 26.6 Å². The van der Waals surface area contributed by atoms with Crippen molar-refractivity contribution in [2.45, 2.75) is 18.6 Å². The summed E-state index contributed by atoms with van der Waals surface area (Å²) in [5, 5.41) is 3.05. The SMILES string of the molecule is CC(C)(C1CNC1)S(=O)[O-]. The zero-order chi connectivity index (χ0) is 7.78. The van der Waals surface area contributed by atoms with E-state index in [0.29, 0.717) is 5.92 Å². The quantitative estimate of drug-likeness (QED) is 0.575. The van der Waals surface area contributed by atoms with Gasteiger partial charge in [-0.25, -0.2) is 0 Å². The van der Waals surface area contributed by atoms with Gasteiger partial charge in [-0.15, -0.1) is 0 Å². The van der Waals surface area contributed by atoms with E-state index in [2.05, 4.69) is 5.32 Å². The van der Waals surface area contributed by atoms with Gasteiger partial charge in [0.2, 0.25) is 0 Å². The van der Waals surface area contributed by atoms with E-state index in [1.54, 1.807) is 13.8 Å². The van der Waals surface area contributed by atoms with Gasteiger partial charge in [-0.3, -0.25) is 4.21 Å². The molecule has 0 aromatic carbocycles. The van der Waals surface area contributed by atoms with Crippen LogP contribution in [0.2, 0.25) is 0 Å². The summed E-state index contributed by atoms with van der Waals surface area (Å²) in [5.74, 6) is 0.297. The average Bonchev–Trinajstić information content (AvgIpc) is 1.57. The zero-order valence-electron chi connectivity index (χ0n) is 6.22. The van der Waals surface area contributed by atoms with Crippen molar-refractivity contribution < 1.29 is 8.76 Å². The minimum atomic E-state index is -1.94. The fraction of sp³-hybridized carbons (Fsp3) is 1.00. The maximum atomic E-state index is 10.6. The summed E-state index contributed by atoms with van der Waals surface area (Å²) in [6.45, 7) is 5.20. The van der Waals surface area contributed by atoms with E-state index in [0.717, 1.165) is 13.1 Å². The third kappa shape index (κ3) is 1.24. The van der Waals surface area contributed by atoms with Gasteiger partial charge in [0.25, 0.3) is 0 Å². The van der Waals surface area contributed by atoms with E-state index in [4.69, 9.17) is 0 Å². The molecule has 1 aliphatic heterocycles. The maximum absolute atomic E-state index is 10.6. The molecule has 0 amide bonds. The Morgan fingerprint density at radius 2 is 2.10 bits per heavy atom. The highest BCUT2D eigenvalue weighted by atomic mass is 32.2. The Labute approximate surface area is 63.5 Å². The Kier molecular flexibility index (Phi) is 2.12. The van der Waals surface area contributed by atoms with Gasteiger partial charge in [0, 0.05) is 17.8 Å². The molecule has 0 bridgehead atoms. The molecule has 4 heteroatoms. The molecule has 1 atom stereocenters. The normalized spacial score (nSPS) is 23.9. The van der Waals surface area contributed by atoms with Crippen LogP contribution in [0.15, 0.2) is 0 Å². The Morgan fingerprint density at radius 1 is 1.60 bits per heavy atom. The first-order chi connectivity index (χ1) is 4.55. The molecule has 1 aliphatic rings. The van der Waals surface area contributed by atoms with Gasteiger partial charge in [0.15, 0.2) is 0 Å². The second-order valence-corrected chi connectivity index (χ2v) is 4.71. The summed E-state index contributed by atoms with van der Waals surface area (Å²) in [5.41, 5.74) is 0. The fourth-order valence-electron chi connectivity index (χ4n) is 0.916. The van der Waals surface area contributed by atoms with Crippen LogP contribution < -0.4 is 5.32 Å². The van der Waals surface area contributed by atoms with E-state index in [-0.39, 0.29) is 0 Å². The number of hydrogen-bond donors (Lipinski definition) is 1. The second kappa shape index (κ2) is 2.60. The Hall–Kier alpha value is 0.0700. The Balaban J connectivity index is 2.57. The third-order valence-electron chi connectivity index (χ3n) is 2.19. The van der Waals surface area contributed by atoms with E-state index < -0.39 is 15.8 Å². The smallest absolute Gasteiger partial charge is 0.0323 e. The maximum Gasteiger partial charge on any atom is 0.0323 e. The first-order valence-corrected chi connectivity index (χ1v) is 4.42. The van der Waals surface area contributed by atoms with Crippen molar-refractivity contribution >= 4 is 11.1 Å². The molecule has 1 heterocycles. The van der Waals surface area contributed by atoms with Crippen molar-refractivity contribution in [3.05, 3.63) is 0 Å². The molecule has 3 nitrogen and oxygen atoms in total. The minimum absolute atomic E-state index is 0.297. The van der Waals surface area contributed by atoms with Crippen LogP contribution in [0.4, 0.5) is 0 Å². The summed E-state index contributed by atoms with van der Waals surface area (Å²) in [6, 6.07) is 0. The highest BCUT2D eigenvalue weighted by molar-refractivity contribution is 7.80. The van der Waals surface area contributed by atoms with Crippen molar-refractivity contribution in [3.63, 3.8) is 0 Å². The van der Waals surface area contributed by atoms with Gasteiger partial charge in [0.05, 0.1) is 0 Å². The van der Waals surface area contributed by atoms with Crippen LogP contribution in [0.3, 0.4) is 0 Å². The van der Waals surface area contributed by atoms with E-state index in [9.17, 15) is 8.76 Å². The van der Waals surface area contributed by atoms with Gasteiger partial charge >= 0.3 is 0 Å². The Morgan fingerprint density at radius 3 is 2.20 bits per heavy atom. The van der Waals surface area contributed by atoms with Gasteiger partial charge in [-0.2, -0.15) is 0 Å². The molecule has 0 spiro atoms. The average molecular weight is 162 g/mol. The van der Waals surface area contributed by atoms with Crippen LogP contribution in [0.5, 0.6) is 0 Å². The third-order valence-corrected chi connectivity index (χ3v) is 3.39. The van der Waals surface area contributed by atoms with Crippen molar-refractivity contribution in [3.8, 4) is 0 Å². The molecule has 0 aromatic rings. The zero-order valence-corrected chi connectivity index (χ0v) is 7.03. The van der Waals surface area contributed by atoms with Gasteiger partial charge in [0.1, 0.15) is 0 Å². The first-order valence-electron chi connectivity index (χ1n) is 3.35. The predicted molar refractivity (Wildman–Crippen MR) is 39.4 cm³/mol. The number of hydrogen-bond acceptors (Lipinski definition) is 3. The lowest BCUT2D eigenvalue weighted by Crippen LogP contribution is -2.54. The van der Waals surface area contributed by atoms with Crippen molar-refractivity contribution in [2.75, 3.05) is 13.1 Å². The monoisotopic (exact) mass is 162 g/mol. The van der Waals surface area contributed by atoms with Gasteiger partial charge in [-0.05, 0) is 30.8 Å². The minimum Gasteiger partial charge on any atom is -0.772 e. The molecule has 1 saturated heterocycles. The lowest BCUT2D eigenvalue weighted by Gasteiger charge is -2.42. The molecular formula is C6H12NO2S-. The van der Waals surface area contributed by atoms with Crippen LogP contribution in [0.1, 0.15) is 13.8 Å². The molecule has 0 radical (unpaired) electrons. The summed E-state index contributed by atoms with van der Waals surface area (Å²) in [4.78, 5) is 0. The topological polar surface area (TPSA) is 52.2 Å². The van der Waals surface area contributed by atoms with Crippen molar-refractivity contribution in [2.24, 2.45) is 5.92 Å². The van der Waals surface area contributed by atoms with Crippen LogP contribution in [-0.2, 0) is 11.1 Å². The van der Waals surface area contributed by atoms with E-state index in [1.165, 1.54) is 0 Å². The van der Waals surface area contributed by atoms with Crippen LogP contribution >= 0.6 is 0 Å². The molecule has 1 unspecified atom stereocenters. The molecule has 1 N–H and O–H groups in total. The standard InChI is InChI=1S/C6H13NO2S/c1-6(2,10(8)9)5-3-7-4-5/h5,7H,3-4H2,1-2H3,(H,8,9)/p-1. The van der Waals surface area contributed by atoms with Crippen molar-refractivity contribution in [1.82, 2.24) is 5.32 Å². The molecule has 10 heavy (non-hydrogen) atoms. The highest BCUT2D eigenvalue weighted by Gasteiger charge is 2.34. The predicted octanol–water partition coefficient (Wildman–Crippen LogP) is -0.136. The van der Waals surface area contributed by atoms with Crippen LogP contribution in [0, 0.1) is 5.92 Å². The second-order valence-electron chi connectivity index (χ2n) is 3.19. The molecule has 1 fully saturated rings. The summed E-state index contributed by atoms with van der Waals surface area (Å²) >= 11 is -1.94. The number of nitrogens with one attached hydrogen (secondary N) is 1. The highest BCUT2D eigenvalue weighted by Crippen LogP contribution is 2.25. The van der Waals surface area contributed by atoms with Crippen molar-refractivity contribution in [1.29, 1.82) is 0 Å². The summed E-state index contributed by atoms with van der Waals surface area (Å²) in [6.07, 6.45) is 0. The molecule has 1 rings (SSSR count). The lowest BCUT2D eigenvalue weighted by atomic mass is 9.90. The first kappa shape index (κ1) is 8.17. The van der Waals surface area contributed by atoms with E-state index >= 15 is 0 Å². The largest absolute Gasteiger partial charge is 0.772 e. The Bertz CT molecular complexity index is 154. The lowest BCUT2D eigenvalue weighted by molar-refractivity contribution is 0.274. The summed E-state index contributed by atoms with van der Waals surface area (Å²) < 4.78 is 20.7. The molecule has 0 aliphatic carbocycles. The van der Waals surface area contributed by atoms with Gasteiger partial charge < -0.3 is 9.87 Å². The van der Waals surface area contributed by atoms with Crippen LogP contribution in [0.25, 0.3) is 0 Å².